The van der Waals surface area contributed by atoms with E-state index in [2.05, 4.69) is 5.32 Å². The van der Waals surface area contributed by atoms with Gasteiger partial charge in [-0.3, -0.25) is 9.69 Å². The van der Waals surface area contributed by atoms with Crippen LogP contribution in [0.4, 0.5) is 18.0 Å². The van der Waals surface area contributed by atoms with E-state index in [9.17, 15) is 22.8 Å². The van der Waals surface area contributed by atoms with Crippen molar-refractivity contribution in [3.05, 3.63) is 29.3 Å². The van der Waals surface area contributed by atoms with Crippen molar-refractivity contribution in [3.8, 4) is 5.75 Å². The summed E-state index contributed by atoms with van der Waals surface area (Å²) < 4.78 is 44.6. The molecule has 0 aromatic heterocycles. The molecular weight excluding hydrogens is 325 g/mol. The molecule has 5 nitrogen and oxygen atoms in total. The molecule has 0 heterocycles. The molecule has 1 N–H and O–H groups in total. The number of imide groups is 1. The van der Waals surface area contributed by atoms with E-state index in [1.54, 1.807) is 6.92 Å². The lowest BCUT2D eigenvalue weighted by atomic mass is 10.0. The second-order valence-corrected chi connectivity index (χ2v) is 5.59. The predicted molar refractivity (Wildman–Crippen MR) is 80.9 cm³/mol. The molecule has 1 aliphatic rings. The maximum absolute atomic E-state index is 13.3. The molecular formula is C16H19F3N2O3. The number of nitrogens with zero attached hydrogens (tertiary/aromatic N) is 1. The quantitative estimate of drug-likeness (QED) is 0.890. The summed E-state index contributed by atoms with van der Waals surface area (Å²) >= 11 is 0. The summed E-state index contributed by atoms with van der Waals surface area (Å²) in [5.74, 6) is -0.978. The van der Waals surface area contributed by atoms with Gasteiger partial charge in [0.25, 0.3) is 5.91 Å². The molecule has 0 spiro atoms. The molecule has 8 heteroatoms. The first-order chi connectivity index (χ1) is 11.3. The second kappa shape index (κ2) is 7.11. The van der Waals surface area contributed by atoms with Crippen LogP contribution < -0.4 is 10.1 Å². The molecule has 0 bridgehead atoms. The molecule has 1 fully saturated rings. The second-order valence-electron chi connectivity index (χ2n) is 5.59. The maximum Gasteiger partial charge on any atom is 0.417 e. The lowest BCUT2D eigenvalue weighted by Crippen LogP contribution is -2.45. The number of hydrogen-bond donors (Lipinski definition) is 1. The van der Waals surface area contributed by atoms with Gasteiger partial charge >= 0.3 is 12.2 Å². The molecule has 2 rings (SSSR count). The Kier molecular flexibility index (Phi) is 5.36. The van der Waals surface area contributed by atoms with Crippen molar-refractivity contribution >= 4 is 11.9 Å². The summed E-state index contributed by atoms with van der Waals surface area (Å²) in [6.07, 6.45) is -2.65. The zero-order chi connectivity index (χ0) is 17.9. The molecule has 1 aliphatic carbocycles. The molecule has 0 saturated heterocycles. The van der Waals surface area contributed by atoms with Gasteiger partial charge in [0.1, 0.15) is 5.75 Å². The Hall–Kier alpha value is -2.25. The number of carbonyl (C=O) groups excluding carboxylic acids is 2. The number of benzene rings is 1. The van der Waals surface area contributed by atoms with Gasteiger partial charge in [-0.2, -0.15) is 13.2 Å². The first-order valence-electron chi connectivity index (χ1n) is 7.65. The van der Waals surface area contributed by atoms with E-state index in [0.717, 1.165) is 29.9 Å². The van der Waals surface area contributed by atoms with Crippen LogP contribution in [-0.2, 0) is 6.18 Å². The van der Waals surface area contributed by atoms with Gasteiger partial charge in [0.15, 0.2) is 0 Å². The lowest BCUT2D eigenvalue weighted by Gasteiger charge is -2.23. The van der Waals surface area contributed by atoms with Crippen LogP contribution in [0.1, 0.15) is 42.1 Å². The summed E-state index contributed by atoms with van der Waals surface area (Å²) in [6, 6.07) is 2.41. The van der Waals surface area contributed by atoms with Crippen molar-refractivity contribution in [2.24, 2.45) is 0 Å². The number of hydrogen-bond acceptors (Lipinski definition) is 3. The van der Waals surface area contributed by atoms with Crippen LogP contribution in [0.5, 0.6) is 5.75 Å². The monoisotopic (exact) mass is 344 g/mol. The van der Waals surface area contributed by atoms with E-state index in [1.807, 2.05) is 0 Å². The van der Waals surface area contributed by atoms with E-state index < -0.39 is 29.2 Å². The Labute approximate surface area is 137 Å². The summed E-state index contributed by atoms with van der Waals surface area (Å²) in [5, 5.41) is 2.63. The minimum absolute atomic E-state index is 0.00242. The van der Waals surface area contributed by atoms with Gasteiger partial charge in [0.05, 0.1) is 18.2 Å². The van der Waals surface area contributed by atoms with E-state index in [1.165, 1.54) is 13.2 Å². The highest BCUT2D eigenvalue weighted by molar-refractivity contribution is 6.05. The molecule has 0 radical (unpaired) electrons. The Morgan fingerprint density at radius 3 is 2.50 bits per heavy atom. The van der Waals surface area contributed by atoms with Gasteiger partial charge < -0.3 is 10.1 Å². The van der Waals surface area contributed by atoms with Gasteiger partial charge in [-0.05, 0) is 37.5 Å². The van der Waals surface area contributed by atoms with E-state index in [4.69, 9.17) is 4.74 Å². The average Bonchev–Trinajstić information content (AvgIpc) is 3.34. The zero-order valence-corrected chi connectivity index (χ0v) is 13.4. The highest BCUT2D eigenvalue weighted by Gasteiger charge is 2.38. The van der Waals surface area contributed by atoms with E-state index in [-0.39, 0.29) is 18.3 Å². The van der Waals surface area contributed by atoms with Crippen LogP contribution in [0.3, 0.4) is 0 Å². The number of amides is 3. The Bertz CT molecular complexity index is 627. The fraction of sp³-hybridized carbons (Fsp3) is 0.500. The third-order valence-corrected chi connectivity index (χ3v) is 3.61. The number of nitrogens with one attached hydrogen (secondary N) is 1. The fourth-order valence-corrected chi connectivity index (χ4v) is 2.22. The van der Waals surface area contributed by atoms with Crippen molar-refractivity contribution < 1.29 is 27.5 Å². The number of alkyl halides is 3. The smallest absolute Gasteiger partial charge is 0.417 e. The molecule has 1 aromatic rings. The van der Waals surface area contributed by atoms with Gasteiger partial charge in [0, 0.05) is 12.6 Å². The van der Waals surface area contributed by atoms with Crippen LogP contribution in [0, 0.1) is 0 Å². The number of rotatable bonds is 5. The van der Waals surface area contributed by atoms with Crippen molar-refractivity contribution in [2.45, 2.75) is 38.4 Å². The van der Waals surface area contributed by atoms with Crippen LogP contribution in [0.15, 0.2) is 18.2 Å². The largest absolute Gasteiger partial charge is 0.497 e. The highest BCUT2D eigenvalue weighted by Crippen LogP contribution is 2.35. The average molecular weight is 344 g/mol. The van der Waals surface area contributed by atoms with Crippen molar-refractivity contribution in [2.75, 3.05) is 13.7 Å². The topological polar surface area (TPSA) is 58.6 Å². The Morgan fingerprint density at radius 2 is 2.00 bits per heavy atom. The van der Waals surface area contributed by atoms with E-state index in [0.29, 0.717) is 6.42 Å². The predicted octanol–water partition coefficient (Wildman–Crippen LogP) is 3.44. The third kappa shape index (κ3) is 4.18. The first-order valence-corrected chi connectivity index (χ1v) is 7.65. The van der Waals surface area contributed by atoms with Gasteiger partial charge in [-0.25, -0.2) is 4.79 Å². The minimum Gasteiger partial charge on any atom is -0.497 e. The van der Waals surface area contributed by atoms with Gasteiger partial charge in [0.2, 0.25) is 0 Å². The lowest BCUT2D eigenvalue weighted by molar-refractivity contribution is -0.138. The molecule has 0 unspecified atom stereocenters. The summed E-state index contributed by atoms with van der Waals surface area (Å²) in [6.45, 7) is 1.78. The van der Waals surface area contributed by atoms with Crippen molar-refractivity contribution in [1.29, 1.82) is 0 Å². The molecule has 24 heavy (non-hydrogen) atoms. The van der Waals surface area contributed by atoms with Crippen LogP contribution in [0.25, 0.3) is 0 Å². The number of urea groups is 1. The Morgan fingerprint density at radius 1 is 1.33 bits per heavy atom. The third-order valence-electron chi connectivity index (χ3n) is 3.61. The minimum atomic E-state index is -4.73. The SMILES string of the molecule is CCCN(C(=O)NC1CC1)C(=O)c1ccc(OC)cc1C(F)(F)F. The number of ether oxygens (including phenoxy) is 1. The molecule has 3 amide bonds. The van der Waals surface area contributed by atoms with Gasteiger partial charge in [-0.15, -0.1) is 0 Å². The molecule has 0 aliphatic heterocycles. The summed E-state index contributed by atoms with van der Waals surface area (Å²) in [7, 11) is 1.24. The molecule has 132 valence electrons. The fourth-order valence-electron chi connectivity index (χ4n) is 2.22. The maximum atomic E-state index is 13.3. The number of carbonyl (C=O) groups is 2. The van der Waals surface area contributed by atoms with Gasteiger partial charge in [-0.1, -0.05) is 6.92 Å². The van der Waals surface area contributed by atoms with Crippen LogP contribution >= 0.6 is 0 Å². The van der Waals surface area contributed by atoms with E-state index >= 15 is 0 Å². The first kappa shape index (κ1) is 18.1. The summed E-state index contributed by atoms with van der Waals surface area (Å²) in [4.78, 5) is 25.6. The Balaban J connectivity index is 2.35. The zero-order valence-electron chi connectivity index (χ0n) is 13.4. The molecule has 0 atom stereocenters. The highest BCUT2D eigenvalue weighted by atomic mass is 19.4. The number of methoxy groups -OCH3 is 1. The number of halogens is 3. The van der Waals surface area contributed by atoms with Crippen LogP contribution in [0.2, 0.25) is 0 Å². The normalized spacial score (nSPS) is 14.2. The molecule has 1 aromatic carbocycles. The van der Waals surface area contributed by atoms with Crippen molar-refractivity contribution in [3.63, 3.8) is 0 Å². The molecule has 1 saturated carbocycles. The van der Waals surface area contributed by atoms with Crippen molar-refractivity contribution in [1.82, 2.24) is 10.2 Å². The standard InChI is InChI=1S/C16H19F3N2O3/c1-3-8-21(15(23)20-10-4-5-10)14(22)12-7-6-11(24-2)9-13(12)16(17,18)19/h6-7,9-10H,3-5,8H2,1-2H3,(H,20,23). The van der Waals surface area contributed by atoms with Crippen LogP contribution in [-0.4, -0.2) is 36.5 Å². The summed E-state index contributed by atoms with van der Waals surface area (Å²) in [5.41, 5.74) is -1.69.